The lowest BCUT2D eigenvalue weighted by Crippen LogP contribution is -2.51. The smallest absolute Gasteiger partial charge is 0.339 e. The van der Waals surface area contributed by atoms with E-state index in [1.54, 1.807) is 18.2 Å². The molecule has 0 aromatic heterocycles. The monoisotopic (exact) mass is 534 g/mol. The summed E-state index contributed by atoms with van der Waals surface area (Å²) in [7, 11) is 0. The standard InChI is InChI=1S/C35H50O4/c1-22(2)9-8-10-23(3)29-15-16-30-28-14-13-24-21-25(17-19-34(24,4)31(28)18-20-35(29,30)5)39-33(38)27-12-7-6-11-26(27)32(36)37/h6-7,11-13,22-23,25,28-31H,8-10,14-21H2,1-5H3,(H,36,37)/t23-,25-,28-,29+,30-,31-,34-,35+/m0/s1. The molecule has 1 N–H and O–H groups in total. The van der Waals surface area contributed by atoms with E-state index in [1.807, 2.05) is 0 Å². The maximum absolute atomic E-state index is 12.9. The van der Waals surface area contributed by atoms with Crippen LogP contribution in [0.5, 0.6) is 0 Å². The molecular formula is C35H50O4. The van der Waals surface area contributed by atoms with Gasteiger partial charge in [0.05, 0.1) is 11.1 Å². The van der Waals surface area contributed by atoms with Crippen molar-refractivity contribution in [3.05, 3.63) is 47.0 Å². The summed E-state index contributed by atoms with van der Waals surface area (Å²) in [6.45, 7) is 12.4. The second kappa shape index (κ2) is 11.1. The number of ether oxygens (including phenoxy) is 1. The first-order valence-corrected chi connectivity index (χ1v) is 15.8. The van der Waals surface area contributed by atoms with Crippen molar-refractivity contribution in [2.75, 3.05) is 0 Å². The Balaban J connectivity index is 1.26. The Morgan fingerprint density at radius 2 is 1.72 bits per heavy atom. The van der Waals surface area contributed by atoms with E-state index < -0.39 is 11.9 Å². The third kappa shape index (κ3) is 5.22. The van der Waals surface area contributed by atoms with Gasteiger partial charge in [-0.1, -0.05) is 77.7 Å². The third-order valence-corrected chi connectivity index (χ3v) is 11.9. The number of aromatic carboxylic acids is 1. The summed E-state index contributed by atoms with van der Waals surface area (Å²) < 4.78 is 5.93. The summed E-state index contributed by atoms with van der Waals surface area (Å²) in [5.74, 6) is 3.26. The number of fused-ring (bicyclic) bond motifs is 5. The average Bonchev–Trinajstić information content (AvgIpc) is 3.26. The largest absolute Gasteiger partial charge is 0.478 e. The molecule has 4 aliphatic carbocycles. The van der Waals surface area contributed by atoms with Crippen LogP contribution in [0.4, 0.5) is 0 Å². The molecule has 4 heteroatoms. The molecule has 0 amide bonds. The number of carboxylic acids is 1. The highest BCUT2D eigenvalue weighted by atomic mass is 16.5. The average molecular weight is 535 g/mol. The van der Waals surface area contributed by atoms with Crippen LogP contribution in [0.1, 0.15) is 126 Å². The minimum absolute atomic E-state index is 0.0113. The number of carboxylic acid groups (broad SMARTS) is 1. The molecule has 0 heterocycles. The van der Waals surface area contributed by atoms with Gasteiger partial charge in [-0.15, -0.1) is 0 Å². The summed E-state index contributed by atoms with van der Waals surface area (Å²) in [4.78, 5) is 24.5. The van der Waals surface area contributed by atoms with E-state index in [9.17, 15) is 14.7 Å². The van der Waals surface area contributed by atoms with Gasteiger partial charge >= 0.3 is 11.9 Å². The summed E-state index contributed by atoms with van der Waals surface area (Å²) in [5, 5.41) is 9.49. The van der Waals surface area contributed by atoms with Gasteiger partial charge in [-0.05, 0) is 103 Å². The highest BCUT2D eigenvalue weighted by Gasteiger charge is 2.59. The van der Waals surface area contributed by atoms with Crippen LogP contribution in [0.25, 0.3) is 0 Å². The van der Waals surface area contributed by atoms with Gasteiger partial charge in [0.15, 0.2) is 0 Å². The van der Waals surface area contributed by atoms with Crippen molar-refractivity contribution in [2.45, 2.75) is 111 Å². The van der Waals surface area contributed by atoms with Gasteiger partial charge < -0.3 is 9.84 Å². The molecule has 39 heavy (non-hydrogen) atoms. The first-order chi connectivity index (χ1) is 18.5. The van der Waals surface area contributed by atoms with Crippen molar-refractivity contribution in [1.29, 1.82) is 0 Å². The Morgan fingerprint density at radius 1 is 0.974 bits per heavy atom. The van der Waals surface area contributed by atoms with Crippen molar-refractivity contribution in [1.82, 2.24) is 0 Å². The molecule has 0 saturated heterocycles. The van der Waals surface area contributed by atoms with Gasteiger partial charge in [0, 0.05) is 6.42 Å². The van der Waals surface area contributed by atoms with Crippen molar-refractivity contribution >= 4 is 11.9 Å². The van der Waals surface area contributed by atoms with Gasteiger partial charge in [0.2, 0.25) is 0 Å². The number of esters is 1. The second-order valence-corrected chi connectivity index (χ2v) is 14.4. The molecular weight excluding hydrogens is 484 g/mol. The molecule has 0 radical (unpaired) electrons. The van der Waals surface area contributed by atoms with Crippen molar-refractivity contribution in [3.8, 4) is 0 Å². The normalized spacial score (nSPS) is 36.4. The zero-order valence-corrected chi connectivity index (χ0v) is 24.9. The fourth-order valence-electron chi connectivity index (χ4n) is 9.82. The maximum Gasteiger partial charge on any atom is 0.339 e. The molecule has 0 bridgehead atoms. The minimum Gasteiger partial charge on any atom is -0.478 e. The van der Waals surface area contributed by atoms with Crippen LogP contribution in [0.3, 0.4) is 0 Å². The van der Waals surface area contributed by atoms with Crippen molar-refractivity contribution < 1.29 is 19.4 Å². The molecule has 214 valence electrons. The van der Waals surface area contributed by atoms with E-state index >= 15 is 0 Å². The molecule has 0 spiro atoms. The van der Waals surface area contributed by atoms with E-state index in [-0.39, 0.29) is 22.6 Å². The zero-order valence-electron chi connectivity index (χ0n) is 24.9. The molecule has 1 aromatic rings. The molecule has 5 rings (SSSR count). The van der Waals surface area contributed by atoms with Gasteiger partial charge in [0.1, 0.15) is 6.10 Å². The molecule has 4 nitrogen and oxygen atoms in total. The number of hydrogen-bond acceptors (Lipinski definition) is 3. The summed E-state index contributed by atoms with van der Waals surface area (Å²) in [6, 6.07) is 6.37. The van der Waals surface area contributed by atoms with E-state index in [4.69, 9.17) is 4.74 Å². The van der Waals surface area contributed by atoms with Crippen molar-refractivity contribution in [2.24, 2.45) is 46.3 Å². The highest BCUT2D eigenvalue weighted by molar-refractivity contribution is 6.02. The van der Waals surface area contributed by atoms with Gasteiger partial charge in [0.25, 0.3) is 0 Å². The molecule has 0 unspecified atom stereocenters. The number of carbonyl (C=O) groups is 2. The lowest BCUT2D eigenvalue weighted by atomic mass is 9.47. The molecule has 8 atom stereocenters. The lowest BCUT2D eigenvalue weighted by Gasteiger charge is -2.58. The topological polar surface area (TPSA) is 63.6 Å². The second-order valence-electron chi connectivity index (χ2n) is 14.4. The predicted molar refractivity (Wildman–Crippen MR) is 156 cm³/mol. The zero-order chi connectivity index (χ0) is 27.9. The fraction of sp³-hybridized carbons (Fsp3) is 0.714. The summed E-state index contributed by atoms with van der Waals surface area (Å²) >= 11 is 0. The van der Waals surface area contributed by atoms with E-state index in [2.05, 4.69) is 40.7 Å². The summed E-state index contributed by atoms with van der Waals surface area (Å²) in [6.07, 6.45) is 15.9. The van der Waals surface area contributed by atoms with Gasteiger partial charge in [-0.2, -0.15) is 0 Å². The molecule has 0 aliphatic heterocycles. The molecule has 4 aliphatic rings. The summed E-state index contributed by atoms with van der Waals surface area (Å²) in [5.41, 5.74) is 2.34. The van der Waals surface area contributed by atoms with Crippen LogP contribution in [-0.2, 0) is 4.74 Å². The van der Waals surface area contributed by atoms with Crippen molar-refractivity contribution in [3.63, 3.8) is 0 Å². The lowest BCUT2D eigenvalue weighted by molar-refractivity contribution is -0.0594. The van der Waals surface area contributed by atoms with Crippen LogP contribution in [0.15, 0.2) is 35.9 Å². The Morgan fingerprint density at radius 3 is 2.44 bits per heavy atom. The highest BCUT2D eigenvalue weighted by Crippen LogP contribution is 2.67. The van der Waals surface area contributed by atoms with Crippen LogP contribution < -0.4 is 0 Å². The minimum atomic E-state index is -1.09. The number of allylic oxidation sites excluding steroid dienone is 1. The third-order valence-electron chi connectivity index (χ3n) is 11.9. The van der Waals surface area contributed by atoms with Gasteiger partial charge in [-0.3, -0.25) is 0 Å². The predicted octanol–water partition coefficient (Wildman–Crippen LogP) is 8.95. The first-order valence-electron chi connectivity index (χ1n) is 15.8. The molecule has 1 aromatic carbocycles. The number of benzene rings is 1. The Bertz CT molecular complexity index is 1100. The first kappa shape index (κ1) is 28.4. The molecule has 3 saturated carbocycles. The van der Waals surface area contributed by atoms with Crippen LogP contribution in [0.2, 0.25) is 0 Å². The Hall–Kier alpha value is -2.10. The number of rotatable bonds is 8. The van der Waals surface area contributed by atoms with Crippen LogP contribution in [-0.4, -0.2) is 23.1 Å². The van der Waals surface area contributed by atoms with Gasteiger partial charge in [-0.25, -0.2) is 9.59 Å². The van der Waals surface area contributed by atoms with E-state index in [1.165, 1.54) is 63.0 Å². The van der Waals surface area contributed by atoms with Crippen LogP contribution in [0, 0.1) is 46.3 Å². The number of hydrogen-bond donors (Lipinski definition) is 1. The Labute approximate surface area is 236 Å². The quantitative estimate of drug-likeness (QED) is 0.267. The Kier molecular flexibility index (Phi) is 8.06. The SMILES string of the molecule is CC(C)CCC[C@H](C)[C@H]1CC[C@H]2[C@@H]3CC=C4C[C@@H](OC(=O)c5ccccc5C(=O)O)CC[C@]4(C)[C@H]3CC[C@]12C. The van der Waals surface area contributed by atoms with E-state index in [0.717, 1.165) is 54.8 Å². The number of carbonyl (C=O) groups excluding carboxylic acids is 1. The maximum atomic E-state index is 12.9. The molecule has 3 fully saturated rings. The van der Waals surface area contributed by atoms with Crippen LogP contribution >= 0.6 is 0 Å². The van der Waals surface area contributed by atoms with E-state index in [0.29, 0.717) is 5.41 Å². The fourth-order valence-corrected chi connectivity index (χ4v) is 9.82.